The van der Waals surface area contributed by atoms with Gasteiger partial charge in [0.05, 0.1) is 12.2 Å². The minimum absolute atomic E-state index is 0.213. The summed E-state index contributed by atoms with van der Waals surface area (Å²) >= 11 is 0. The van der Waals surface area contributed by atoms with Gasteiger partial charge < -0.3 is 9.84 Å². The highest BCUT2D eigenvalue weighted by Crippen LogP contribution is 2.24. The molecule has 1 fully saturated rings. The number of aryl methyl sites for hydroxylation is 1. The SMILES string of the molecule is Cc1ccc(C(O)CC2CCCCO2)cn1. The molecule has 0 aliphatic carbocycles. The topological polar surface area (TPSA) is 42.4 Å². The van der Waals surface area contributed by atoms with Crippen LogP contribution in [-0.4, -0.2) is 22.8 Å². The van der Waals surface area contributed by atoms with Crippen molar-refractivity contribution in [2.24, 2.45) is 0 Å². The molecular weight excluding hydrogens is 202 g/mol. The number of aliphatic hydroxyl groups is 1. The molecule has 1 aromatic rings. The molecule has 0 aromatic carbocycles. The normalized spacial score (nSPS) is 23.0. The summed E-state index contributed by atoms with van der Waals surface area (Å²) in [5, 5.41) is 10.0. The molecule has 0 bridgehead atoms. The molecule has 2 unspecified atom stereocenters. The highest BCUT2D eigenvalue weighted by Gasteiger charge is 2.19. The molecular formula is C13H19NO2. The summed E-state index contributed by atoms with van der Waals surface area (Å²) in [7, 11) is 0. The number of nitrogens with zero attached hydrogens (tertiary/aromatic N) is 1. The predicted octanol–water partition coefficient (Wildman–Crippen LogP) is 2.38. The molecule has 2 atom stereocenters. The second-order valence-corrected chi connectivity index (χ2v) is 4.47. The zero-order chi connectivity index (χ0) is 11.4. The van der Waals surface area contributed by atoms with Crippen LogP contribution in [0.4, 0.5) is 0 Å². The summed E-state index contributed by atoms with van der Waals surface area (Å²) in [4.78, 5) is 4.19. The first-order valence-electron chi connectivity index (χ1n) is 5.98. The molecule has 1 saturated heterocycles. The number of aromatic nitrogens is 1. The van der Waals surface area contributed by atoms with Crippen LogP contribution in [0.25, 0.3) is 0 Å². The van der Waals surface area contributed by atoms with Gasteiger partial charge in [0.1, 0.15) is 0 Å². The number of aliphatic hydroxyl groups excluding tert-OH is 1. The van der Waals surface area contributed by atoms with Crippen LogP contribution in [0.5, 0.6) is 0 Å². The maximum atomic E-state index is 10.0. The first-order chi connectivity index (χ1) is 7.75. The number of hydrogen-bond acceptors (Lipinski definition) is 3. The van der Waals surface area contributed by atoms with Crippen molar-refractivity contribution in [3.05, 3.63) is 29.6 Å². The van der Waals surface area contributed by atoms with E-state index >= 15 is 0 Å². The molecule has 0 spiro atoms. The molecule has 16 heavy (non-hydrogen) atoms. The fourth-order valence-corrected chi connectivity index (χ4v) is 2.05. The highest BCUT2D eigenvalue weighted by atomic mass is 16.5. The Morgan fingerprint density at radius 1 is 1.50 bits per heavy atom. The van der Waals surface area contributed by atoms with Crippen LogP contribution in [0, 0.1) is 6.92 Å². The molecule has 1 aliphatic heterocycles. The molecule has 1 N–H and O–H groups in total. The Balaban J connectivity index is 1.91. The number of ether oxygens (including phenoxy) is 1. The predicted molar refractivity (Wildman–Crippen MR) is 62.1 cm³/mol. The van der Waals surface area contributed by atoms with Gasteiger partial charge in [-0.1, -0.05) is 6.07 Å². The van der Waals surface area contributed by atoms with E-state index in [0.29, 0.717) is 6.42 Å². The second kappa shape index (κ2) is 5.41. The van der Waals surface area contributed by atoms with E-state index in [2.05, 4.69) is 4.98 Å². The van der Waals surface area contributed by atoms with Crippen molar-refractivity contribution in [1.29, 1.82) is 0 Å². The number of pyridine rings is 1. The Morgan fingerprint density at radius 3 is 3.00 bits per heavy atom. The quantitative estimate of drug-likeness (QED) is 0.852. The average molecular weight is 221 g/mol. The zero-order valence-corrected chi connectivity index (χ0v) is 9.72. The Hall–Kier alpha value is -0.930. The molecule has 2 heterocycles. The minimum atomic E-state index is -0.448. The smallest absolute Gasteiger partial charge is 0.0829 e. The third-order valence-corrected chi connectivity index (χ3v) is 3.08. The first-order valence-corrected chi connectivity index (χ1v) is 5.98. The summed E-state index contributed by atoms with van der Waals surface area (Å²) in [5.41, 5.74) is 1.87. The molecule has 88 valence electrons. The summed E-state index contributed by atoms with van der Waals surface area (Å²) in [6.45, 7) is 2.78. The van der Waals surface area contributed by atoms with Crippen LogP contribution >= 0.6 is 0 Å². The van der Waals surface area contributed by atoms with Crippen LogP contribution < -0.4 is 0 Å². The number of rotatable bonds is 3. The average Bonchev–Trinajstić information content (AvgIpc) is 2.31. The zero-order valence-electron chi connectivity index (χ0n) is 9.72. The van der Waals surface area contributed by atoms with Gasteiger partial charge in [-0.3, -0.25) is 4.98 Å². The van der Waals surface area contributed by atoms with Gasteiger partial charge in [-0.2, -0.15) is 0 Å². The van der Waals surface area contributed by atoms with E-state index in [1.54, 1.807) is 6.20 Å². The first kappa shape index (κ1) is 11.6. The van der Waals surface area contributed by atoms with E-state index in [1.165, 1.54) is 6.42 Å². The molecule has 0 radical (unpaired) electrons. The van der Waals surface area contributed by atoms with Gasteiger partial charge in [-0.05, 0) is 37.8 Å². The van der Waals surface area contributed by atoms with Crippen LogP contribution in [0.15, 0.2) is 18.3 Å². The van der Waals surface area contributed by atoms with Crippen molar-refractivity contribution in [3.63, 3.8) is 0 Å². The van der Waals surface area contributed by atoms with Gasteiger partial charge in [0.25, 0.3) is 0 Å². The summed E-state index contributed by atoms with van der Waals surface area (Å²) in [6, 6.07) is 3.87. The van der Waals surface area contributed by atoms with Crippen molar-refractivity contribution >= 4 is 0 Å². The van der Waals surface area contributed by atoms with Crippen molar-refractivity contribution in [2.45, 2.75) is 44.8 Å². The molecule has 3 heteroatoms. The van der Waals surface area contributed by atoms with Crippen LogP contribution in [0.3, 0.4) is 0 Å². The van der Waals surface area contributed by atoms with E-state index < -0.39 is 6.10 Å². The third kappa shape index (κ3) is 3.03. The van der Waals surface area contributed by atoms with Gasteiger partial charge in [0.2, 0.25) is 0 Å². The lowest BCUT2D eigenvalue weighted by Gasteiger charge is -2.24. The van der Waals surface area contributed by atoms with Crippen molar-refractivity contribution < 1.29 is 9.84 Å². The largest absolute Gasteiger partial charge is 0.388 e. The van der Waals surface area contributed by atoms with Gasteiger partial charge >= 0.3 is 0 Å². The van der Waals surface area contributed by atoms with Crippen molar-refractivity contribution in [2.75, 3.05) is 6.61 Å². The summed E-state index contributed by atoms with van der Waals surface area (Å²) in [6.07, 6.45) is 5.63. The van der Waals surface area contributed by atoms with Crippen molar-refractivity contribution in [1.82, 2.24) is 4.98 Å². The Kier molecular flexibility index (Phi) is 3.91. The molecule has 1 aromatic heterocycles. The fraction of sp³-hybridized carbons (Fsp3) is 0.615. The van der Waals surface area contributed by atoms with Crippen LogP contribution in [0.1, 0.15) is 43.0 Å². The molecule has 3 nitrogen and oxygen atoms in total. The third-order valence-electron chi connectivity index (χ3n) is 3.08. The van der Waals surface area contributed by atoms with E-state index in [4.69, 9.17) is 4.74 Å². The van der Waals surface area contributed by atoms with Gasteiger partial charge in [0.15, 0.2) is 0 Å². The van der Waals surface area contributed by atoms with E-state index in [0.717, 1.165) is 30.7 Å². The lowest BCUT2D eigenvalue weighted by atomic mass is 10.00. The monoisotopic (exact) mass is 221 g/mol. The minimum Gasteiger partial charge on any atom is -0.388 e. The lowest BCUT2D eigenvalue weighted by Crippen LogP contribution is -2.21. The molecule has 1 aliphatic rings. The maximum absolute atomic E-state index is 10.0. The Morgan fingerprint density at radius 2 is 2.38 bits per heavy atom. The second-order valence-electron chi connectivity index (χ2n) is 4.47. The standard InChI is InChI=1S/C13H19NO2/c1-10-5-6-11(9-14-10)13(15)8-12-4-2-3-7-16-12/h5-6,9,12-13,15H,2-4,7-8H2,1H3. The molecule has 2 rings (SSSR count). The van der Waals surface area contributed by atoms with Crippen LogP contribution in [-0.2, 0) is 4.74 Å². The maximum Gasteiger partial charge on any atom is 0.0829 e. The fourth-order valence-electron chi connectivity index (χ4n) is 2.05. The van der Waals surface area contributed by atoms with Crippen LogP contribution in [0.2, 0.25) is 0 Å². The van der Waals surface area contributed by atoms with Gasteiger partial charge in [-0.25, -0.2) is 0 Å². The molecule has 0 saturated carbocycles. The van der Waals surface area contributed by atoms with Crippen molar-refractivity contribution in [3.8, 4) is 0 Å². The Labute approximate surface area is 96.5 Å². The van der Waals surface area contributed by atoms with E-state index in [9.17, 15) is 5.11 Å². The van der Waals surface area contributed by atoms with Gasteiger partial charge in [-0.15, -0.1) is 0 Å². The lowest BCUT2D eigenvalue weighted by molar-refractivity contribution is -0.0156. The number of hydrogen-bond donors (Lipinski definition) is 1. The molecule has 0 amide bonds. The van der Waals surface area contributed by atoms with E-state index in [1.807, 2.05) is 19.1 Å². The highest BCUT2D eigenvalue weighted by molar-refractivity contribution is 5.15. The van der Waals surface area contributed by atoms with E-state index in [-0.39, 0.29) is 6.10 Å². The van der Waals surface area contributed by atoms with Gasteiger partial charge in [0, 0.05) is 24.9 Å². The summed E-state index contributed by atoms with van der Waals surface area (Å²) in [5.74, 6) is 0. The summed E-state index contributed by atoms with van der Waals surface area (Å²) < 4.78 is 5.61. The Bertz CT molecular complexity index is 317.